The fourth-order valence-electron chi connectivity index (χ4n) is 0.769. The summed E-state index contributed by atoms with van der Waals surface area (Å²) < 4.78 is 1.04. The molecule has 0 saturated carbocycles. The van der Waals surface area contributed by atoms with Gasteiger partial charge in [-0.1, -0.05) is 0 Å². The van der Waals surface area contributed by atoms with Gasteiger partial charge in [0.15, 0.2) is 0 Å². The van der Waals surface area contributed by atoms with E-state index in [2.05, 4.69) is 21.2 Å². The van der Waals surface area contributed by atoms with Crippen LogP contribution >= 0.6 is 27.3 Å². The molecule has 0 bridgehead atoms. The van der Waals surface area contributed by atoms with Crippen LogP contribution in [-0.4, -0.2) is 17.1 Å². The minimum Gasteiger partial charge on any atom is -0.384 e. The average Bonchev–Trinajstić information content (AvgIpc) is 2.47. The van der Waals surface area contributed by atoms with Crippen LogP contribution in [0.2, 0.25) is 0 Å². The summed E-state index contributed by atoms with van der Waals surface area (Å²) >= 11 is 4.89. The third-order valence-electron chi connectivity index (χ3n) is 1.45. The molecule has 0 fully saturated rings. The molecule has 0 aliphatic rings. The highest BCUT2D eigenvalue weighted by Gasteiger charge is 2.07. The number of thiophene rings is 1. The summed E-state index contributed by atoms with van der Waals surface area (Å²) in [4.78, 5) is 12.0. The molecule has 1 atom stereocenters. The molecule has 0 unspecified atom stereocenters. The molecule has 1 aromatic rings. The molecule has 0 aliphatic heterocycles. The highest BCUT2D eigenvalue weighted by atomic mass is 79.9. The molecule has 2 N–H and O–H groups in total. The molecule has 0 radical (unpaired) electrons. The topological polar surface area (TPSA) is 49.3 Å². The first-order chi connectivity index (χ1) is 6.09. The van der Waals surface area contributed by atoms with Crippen LogP contribution < -0.4 is 5.32 Å². The number of halogens is 1. The summed E-state index contributed by atoms with van der Waals surface area (Å²) in [5.41, 5.74) is 0. The quantitative estimate of drug-likeness (QED) is 0.869. The lowest BCUT2D eigenvalue weighted by atomic mass is 10.3. The number of rotatable bonds is 3. The second kappa shape index (κ2) is 4.74. The van der Waals surface area contributed by atoms with E-state index in [1.54, 1.807) is 11.3 Å². The molecule has 1 amide bonds. The molecule has 0 saturated heterocycles. The van der Waals surface area contributed by atoms with Crippen LogP contribution in [0.5, 0.6) is 0 Å². The Balaban J connectivity index is 2.39. The Labute approximate surface area is 88.9 Å². The molecule has 72 valence electrons. The highest BCUT2D eigenvalue weighted by molar-refractivity contribution is 9.11. The number of nitrogens with one attached hydrogen (secondary N) is 1. The molecule has 0 aliphatic carbocycles. The van der Waals surface area contributed by atoms with Gasteiger partial charge in [0.25, 0.3) is 0 Å². The zero-order chi connectivity index (χ0) is 9.84. The molecule has 1 rings (SSSR count). The van der Waals surface area contributed by atoms with E-state index in [1.807, 2.05) is 12.1 Å². The van der Waals surface area contributed by atoms with Crippen molar-refractivity contribution in [3.63, 3.8) is 0 Å². The van der Waals surface area contributed by atoms with Gasteiger partial charge in [0.1, 0.15) is 6.10 Å². The van der Waals surface area contributed by atoms with Crippen LogP contribution in [-0.2, 0) is 11.3 Å². The van der Waals surface area contributed by atoms with Crippen LogP contribution in [0.3, 0.4) is 0 Å². The van der Waals surface area contributed by atoms with E-state index in [9.17, 15) is 4.79 Å². The van der Waals surface area contributed by atoms with Gasteiger partial charge in [-0.2, -0.15) is 0 Å². The average molecular weight is 264 g/mol. The van der Waals surface area contributed by atoms with Gasteiger partial charge in [-0.25, -0.2) is 0 Å². The van der Waals surface area contributed by atoms with Crippen LogP contribution in [0.15, 0.2) is 15.9 Å². The molecular weight excluding hydrogens is 254 g/mol. The van der Waals surface area contributed by atoms with E-state index in [0.717, 1.165) is 8.66 Å². The minimum absolute atomic E-state index is 0.343. The molecule has 0 spiro atoms. The van der Waals surface area contributed by atoms with E-state index in [4.69, 9.17) is 5.11 Å². The number of aliphatic hydroxyl groups is 1. The van der Waals surface area contributed by atoms with E-state index in [1.165, 1.54) is 6.92 Å². The first kappa shape index (κ1) is 10.7. The number of carbonyl (C=O) groups is 1. The lowest BCUT2D eigenvalue weighted by Crippen LogP contribution is -2.31. The van der Waals surface area contributed by atoms with Gasteiger partial charge in [0, 0.05) is 4.88 Å². The van der Waals surface area contributed by atoms with Gasteiger partial charge < -0.3 is 10.4 Å². The van der Waals surface area contributed by atoms with Crippen LogP contribution in [0.4, 0.5) is 0 Å². The van der Waals surface area contributed by atoms with Crippen molar-refractivity contribution in [2.75, 3.05) is 0 Å². The van der Waals surface area contributed by atoms with Crippen molar-refractivity contribution in [2.24, 2.45) is 0 Å². The Morgan fingerprint density at radius 3 is 2.92 bits per heavy atom. The van der Waals surface area contributed by atoms with Crippen molar-refractivity contribution >= 4 is 33.2 Å². The van der Waals surface area contributed by atoms with Crippen molar-refractivity contribution < 1.29 is 9.90 Å². The molecule has 13 heavy (non-hydrogen) atoms. The van der Waals surface area contributed by atoms with Crippen molar-refractivity contribution in [3.05, 3.63) is 20.8 Å². The zero-order valence-corrected chi connectivity index (χ0v) is 9.48. The molecule has 0 aromatic carbocycles. The standard InChI is InChI=1S/C8H10BrNO2S/c1-5(11)8(12)10-4-6-2-3-7(9)13-6/h2-3,5,11H,4H2,1H3,(H,10,12)/t5-/m1/s1. The van der Waals surface area contributed by atoms with Gasteiger partial charge in [0.05, 0.1) is 10.3 Å². The van der Waals surface area contributed by atoms with Crippen molar-refractivity contribution in [1.29, 1.82) is 0 Å². The van der Waals surface area contributed by atoms with E-state index in [-0.39, 0.29) is 5.91 Å². The predicted molar refractivity (Wildman–Crippen MR) is 55.5 cm³/mol. The predicted octanol–water partition coefficient (Wildman–Crippen LogP) is 1.51. The van der Waals surface area contributed by atoms with Crippen LogP contribution in [0, 0.1) is 0 Å². The largest absolute Gasteiger partial charge is 0.384 e. The number of carbonyl (C=O) groups excluding carboxylic acids is 1. The molecular formula is C8H10BrNO2S. The third-order valence-corrected chi connectivity index (χ3v) is 3.07. The maximum Gasteiger partial charge on any atom is 0.248 e. The first-order valence-corrected chi connectivity index (χ1v) is 5.40. The summed E-state index contributed by atoms with van der Waals surface area (Å²) in [5, 5.41) is 11.5. The molecule has 1 heterocycles. The maximum atomic E-state index is 11.0. The fraction of sp³-hybridized carbons (Fsp3) is 0.375. The Morgan fingerprint density at radius 1 is 1.77 bits per heavy atom. The van der Waals surface area contributed by atoms with Gasteiger partial charge in [0.2, 0.25) is 5.91 Å². The van der Waals surface area contributed by atoms with Gasteiger partial charge in [-0.15, -0.1) is 11.3 Å². The Bertz CT molecular complexity index is 298. The van der Waals surface area contributed by atoms with Crippen molar-refractivity contribution in [3.8, 4) is 0 Å². The van der Waals surface area contributed by atoms with Crippen LogP contribution in [0.25, 0.3) is 0 Å². The van der Waals surface area contributed by atoms with E-state index < -0.39 is 6.10 Å². The molecule has 3 nitrogen and oxygen atoms in total. The normalized spacial score (nSPS) is 12.5. The Hall–Kier alpha value is -0.390. The Morgan fingerprint density at radius 2 is 2.46 bits per heavy atom. The summed E-state index contributed by atoms with van der Waals surface area (Å²) in [7, 11) is 0. The number of amides is 1. The van der Waals surface area contributed by atoms with Crippen molar-refractivity contribution in [1.82, 2.24) is 5.32 Å². The monoisotopic (exact) mass is 263 g/mol. The van der Waals surface area contributed by atoms with Gasteiger partial charge >= 0.3 is 0 Å². The second-order valence-electron chi connectivity index (χ2n) is 2.60. The second-order valence-corrected chi connectivity index (χ2v) is 5.15. The highest BCUT2D eigenvalue weighted by Crippen LogP contribution is 2.21. The minimum atomic E-state index is -0.941. The number of aliphatic hydroxyl groups excluding tert-OH is 1. The lowest BCUT2D eigenvalue weighted by molar-refractivity contribution is -0.128. The lowest BCUT2D eigenvalue weighted by Gasteiger charge is -2.04. The Kier molecular flexibility index (Phi) is 3.90. The summed E-state index contributed by atoms with van der Waals surface area (Å²) in [6.07, 6.45) is -0.941. The van der Waals surface area contributed by atoms with E-state index >= 15 is 0 Å². The smallest absolute Gasteiger partial charge is 0.248 e. The third kappa shape index (κ3) is 3.46. The number of hydrogen-bond donors (Lipinski definition) is 2. The number of hydrogen-bond acceptors (Lipinski definition) is 3. The fourth-order valence-corrected chi connectivity index (χ4v) is 2.19. The summed E-state index contributed by atoms with van der Waals surface area (Å²) in [5.74, 6) is -0.343. The SMILES string of the molecule is C[C@@H](O)C(=O)NCc1ccc(Br)s1. The van der Waals surface area contributed by atoms with Crippen molar-refractivity contribution in [2.45, 2.75) is 19.6 Å². The molecule has 5 heteroatoms. The molecule has 1 aromatic heterocycles. The van der Waals surface area contributed by atoms with Gasteiger partial charge in [-0.05, 0) is 35.0 Å². The maximum absolute atomic E-state index is 11.0. The van der Waals surface area contributed by atoms with E-state index in [0.29, 0.717) is 6.54 Å². The summed E-state index contributed by atoms with van der Waals surface area (Å²) in [6, 6.07) is 3.85. The first-order valence-electron chi connectivity index (χ1n) is 3.79. The zero-order valence-electron chi connectivity index (χ0n) is 7.08. The van der Waals surface area contributed by atoms with Crippen LogP contribution in [0.1, 0.15) is 11.8 Å². The summed E-state index contributed by atoms with van der Waals surface area (Å²) in [6.45, 7) is 1.92. The van der Waals surface area contributed by atoms with Gasteiger partial charge in [-0.3, -0.25) is 4.79 Å².